The lowest BCUT2D eigenvalue weighted by Crippen LogP contribution is -2.12. The molecule has 0 aliphatic carbocycles. The zero-order valence-electron chi connectivity index (χ0n) is 8.96. The minimum absolute atomic E-state index is 0.0200. The average Bonchev–Trinajstić information content (AvgIpc) is 2.16. The van der Waals surface area contributed by atoms with E-state index in [0.29, 0.717) is 5.56 Å². The molecule has 16 heavy (non-hydrogen) atoms. The number of ether oxygens (including phenoxy) is 1. The van der Waals surface area contributed by atoms with Gasteiger partial charge in [-0.3, -0.25) is 4.79 Å². The van der Waals surface area contributed by atoms with Crippen LogP contribution in [0.25, 0.3) is 0 Å². The summed E-state index contributed by atoms with van der Waals surface area (Å²) in [4.78, 5) is 10.6. The summed E-state index contributed by atoms with van der Waals surface area (Å²) >= 11 is 5.79. The number of rotatable bonds is 4. The molecule has 1 aromatic rings. The summed E-state index contributed by atoms with van der Waals surface area (Å²) in [6, 6.07) is 2.76. The van der Waals surface area contributed by atoms with E-state index in [9.17, 15) is 9.18 Å². The molecule has 88 valence electrons. The molecular formula is C11H12ClFO3. The normalized spacial score (nSPS) is 12.2. The third-order valence-corrected chi connectivity index (χ3v) is 2.51. The van der Waals surface area contributed by atoms with Gasteiger partial charge in [-0.05, 0) is 24.1 Å². The van der Waals surface area contributed by atoms with Gasteiger partial charge in [0.25, 0.3) is 0 Å². The minimum atomic E-state index is -0.924. The Morgan fingerprint density at radius 3 is 2.69 bits per heavy atom. The van der Waals surface area contributed by atoms with Crippen molar-refractivity contribution < 1.29 is 19.0 Å². The predicted octanol–water partition coefficient (Wildman–Crippen LogP) is 2.75. The van der Waals surface area contributed by atoms with Crippen LogP contribution >= 0.6 is 11.6 Å². The van der Waals surface area contributed by atoms with Crippen molar-refractivity contribution in [3.05, 3.63) is 28.5 Å². The molecule has 1 N–H and O–H groups in total. The zero-order chi connectivity index (χ0) is 12.3. The Balaban J connectivity index is 2.96. The third-order valence-electron chi connectivity index (χ3n) is 2.23. The first kappa shape index (κ1) is 12.8. The van der Waals surface area contributed by atoms with Crippen molar-refractivity contribution in [1.29, 1.82) is 0 Å². The smallest absolute Gasteiger partial charge is 0.306 e. The van der Waals surface area contributed by atoms with E-state index in [4.69, 9.17) is 21.4 Å². The number of halogens is 2. The molecule has 1 atom stereocenters. The highest BCUT2D eigenvalue weighted by molar-refractivity contribution is 6.32. The van der Waals surface area contributed by atoms with Crippen LogP contribution in [0.5, 0.6) is 5.75 Å². The summed E-state index contributed by atoms with van der Waals surface area (Å²) < 4.78 is 18.2. The molecule has 5 heteroatoms. The fourth-order valence-electron chi connectivity index (χ4n) is 1.37. The summed E-state index contributed by atoms with van der Waals surface area (Å²) in [5, 5.41) is 8.88. The van der Waals surface area contributed by atoms with Crippen molar-refractivity contribution in [3.63, 3.8) is 0 Å². The van der Waals surface area contributed by atoms with Gasteiger partial charge < -0.3 is 9.84 Å². The largest absolute Gasteiger partial charge is 0.492 e. The number of aliphatic carboxylic acids is 1. The number of carbonyl (C=O) groups is 1. The molecule has 0 aliphatic heterocycles. The van der Waals surface area contributed by atoms with Gasteiger partial charge in [0.15, 0.2) is 11.6 Å². The second kappa shape index (κ2) is 5.16. The number of benzene rings is 1. The molecule has 1 aromatic carbocycles. The van der Waals surface area contributed by atoms with Crippen LogP contribution in [0, 0.1) is 11.7 Å². The van der Waals surface area contributed by atoms with Gasteiger partial charge >= 0.3 is 5.97 Å². The van der Waals surface area contributed by atoms with Gasteiger partial charge in [-0.2, -0.15) is 0 Å². The Bertz CT molecular complexity index is 383. The first-order chi connectivity index (χ1) is 7.45. The molecular weight excluding hydrogens is 235 g/mol. The molecule has 0 saturated heterocycles. The summed E-state index contributed by atoms with van der Waals surface area (Å²) in [7, 11) is 1.32. The van der Waals surface area contributed by atoms with Crippen molar-refractivity contribution in [2.24, 2.45) is 5.92 Å². The highest BCUT2D eigenvalue weighted by atomic mass is 35.5. The van der Waals surface area contributed by atoms with E-state index in [-0.39, 0.29) is 17.2 Å². The number of hydrogen-bond donors (Lipinski definition) is 1. The van der Waals surface area contributed by atoms with E-state index < -0.39 is 17.7 Å². The Labute approximate surface area is 97.8 Å². The molecule has 1 rings (SSSR count). The highest BCUT2D eigenvalue weighted by Gasteiger charge is 2.15. The van der Waals surface area contributed by atoms with Crippen LogP contribution in [-0.4, -0.2) is 18.2 Å². The maximum absolute atomic E-state index is 13.4. The fraction of sp³-hybridized carbons (Fsp3) is 0.364. The standard InChI is InChI=1S/C11H12ClFO3/c1-6(11(14)15)3-7-4-8(12)10(16-2)9(13)5-7/h4-6H,3H2,1-2H3,(H,14,15). The highest BCUT2D eigenvalue weighted by Crippen LogP contribution is 2.29. The van der Waals surface area contributed by atoms with Gasteiger partial charge in [0.05, 0.1) is 18.1 Å². The molecule has 0 spiro atoms. The second-order valence-electron chi connectivity index (χ2n) is 3.54. The lowest BCUT2D eigenvalue weighted by molar-refractivity contribution is -0.141. The molecule has 0 aromatic heterocycles. The van der Waals surface area contributed by atoms with Gasteiger partial charge in [0, 0.05) is 0 Å². The van der Waals surface area contributed by atoms with Crippen LogP contribution < -0.4 is 4.74 Å². The summed E-state index contributed by atoms with van der Waals surface area (Å²) in [6.07, 6.45) is 0.232. The minimum Gasteiger partial charge on any atom is -0.492 e. The predicted molar refractivity (Wildman–Crippen MR) is 58.5 cm³/mol. The first-order valence-corrected chi connectivity index (χ1v) is 5.08. The topological polar surface area (TPSA) is 46.5 Å². The summed E-state index contributed by atoms with van der Waals surface area (Å²) in [5.41, 5.74) is 0.540. The van der Waals surface area contributed by atoms with Crippen LogP contribution in [0.3, 0.4) is 0 Å². The lowest BCUT2D eigenvalue weighted by atomic mass is 10.0. The van der Waals surface area contributed by atoms with E-state index in [1.54, 1.807) is 6.92 Å². The van der Waals surface area contributed by atoms with Gasteiger partial charge in [-0.15, -0.1) is 0 Å². The molecule has 3 nitrogen and oxygen atoms in total. The summed E-state index contributed by atoms with van der Waals surface area (Å²) in [5.74, 6) is -2.10. The van der Waals surface area contributed by atoms with Crippen LogP contribution in [0.1, 0.15) is 12.5 Å². The van der Waals surface area contributed by atoms with E-state index >= 15 is 0 Å². The average molecular weight is 247 g/mol. The monoisotopic (exact) mass is 246 g/mol. The van der Waals surface area contributed by atoms with Crippen molar-refractivity contribution >= 4 is 17.6 Å². The fourth-order valence-corrected chi connectivity index (χ4v) is 1.67. The van der Waals surface area contributed by atoms with Gasteiger partial charge in [-0.1, -0.05) is 18.5 Å². The molecule has 0 amide bonds. The molecule has 0 fully saturated rings. The number of methoxy groups -OCH3 is 1. The molecule has 0 bridgehead atoms. The number of carboxylic acid groups (broad SMARTS) is 1. The van der Waals surface area contributed by atoms with E-state index in [0.717, 1.165) is 0 Å². The quantitative estimate of drug-likeness (QED) is 0.889. The lowest BCUT2D eigenvalue weighted by Gasteiger charge is -2.09. The van der Waals surface area contributed by atoms with Crippen molar-refractivity contribution in [3.8, 4) is 5.75 Å². The molecule has 0 heterocycles. The maximum atomic E-state index is 13.4. The van der Waals surface area contributed by atoms with Crippen molar-refractivity contribution in [2.75, 3.05) is 7.11 Å². The van der Waals surface area contributed by atoms with E-state index in [2.05, 4.69) is 0 Å². The Kier molecular flexibility index (Phi) is 4.12. The maximum Gasteiger partial charge on any atom is 0.306 e. The van der Waals surface area contributed by atoms with E-state index in [1.807, 2.05) is 0 Å². The molecule has 1 unspecified atom stereocenters. The van der Waals surface area contributed by atoms with Crippen molar-refractivity contribution in [2.45, 2.75) is 13.3 Å². The Hall–Kier alpha value is -1.29. The van der Waals surface area contributed by atoms with Gasteiger partial charge in [0.1, 0.15) is 0 Å². The van der Waals surface area contributed by atoms with Crippen molar-refractivity contribution in [1.82, 2.24) is 0 Å². The van der Waals surface area contributed by atoms with Crippen LogP contribution in [0.4, 0.5) is 4.39 Å². The molecule has 0 radical (unpaired) electrons. The van der Waals surface area contributed by atoms with E-state index in [1.165, 1.54) is 19.2 Å². The van der Waals surface area contributed by atoms with Gasteiger partial charge in [0.2, 0.25) is 0 Å². The van der Waals surface area contributed by atoms with Gasteiger partial charge in [-0.25, -0.2) is 4.39 Å². The second-order valence-corrected chi connectivity index (χ2v) is 3.94. The molecule has 0 aliphatic rings. The molecule has 0 saturated carbocycles. The SMILES string of the molecule is COc1c(F)cc(CC(C)C(=O)O)cc1Cl. The van der Waals surface area contributed by atoms with Crippen LogP contribution in [-0.2, 0) is 11.2 Å². The Morgan fingerprint density at radius 1 is 1.62 bits per heavy atom. The third kappa shape index (κ3) is 2.85. The zero-order valence-corrected chi connectivity index (χ0v) is 9.71. The summed E-state index contributed by atoms with van der Waals surface area (Å²) in [6.45, 7) is 1.55. The number of carboxylic acids is 1. The first-order valence-electron chi connectivity index (χ1n) is 4.70. The van der Waals surface area contributed by atoms with Crippen LogP contribution in [0.2, 0.25) is 5.02 Å². The Morgan fingerprint density at radius 2 is 2.25 bits per heavy atom. The van der Waals surface area contributed by atoms with Crippen LogP contribution in [0.15, 0.2) is 12.1 Å². The number of hydrogen-bond acceptors (Lipinski definition) is 2.